The molecule has 2 aromatic rings. The number of rotatable bonds is 3. The smallest absolute Gasteiger partial charge is 0.346 e. The van der Waals surface area contributed by atoms with Crippen LogP contribution >= 0.6 is 12.2 Å². The van der Waals surface area contributed by atoms with Gasteiger partial charge in [-0.25, -0.2) is 9.48 Å². The van der Waals surface area contributed by atoms with Crippen molar-refractivity contribution in [3.8, 4) is 0 Å². The number of aromatic nitrogens is 3. The number of nitrogens with two attached hydrogens (primary N) is 1. The lowest BCUT2D eigenvalue weighted by Gasteiger charge is -2.09. The van der Waals surface area contributed by atoms with Crippen LogP contribution in [-0.2, 0) is 19.5 Å². The van der Waals surface area contributed by atoms with E-state index in [0.717, 1.165) is 42.8 Å². The van der Waals surface area contributed by atoms with Crippen LogP contribution in [0.2, 0.25) is 0 Å². The summed E-state index contributed by atoms with van der Waals surface area (Å²) in [6, 6.07) is 7.62. The van der Waals surface area contributed by atoms with E-state index in [4.69, 9.17) is 18.0 Å². The highest BCUT2D eigenvalue weighted by atomic mass is 32.1. The average Bonchev–Trinajstić information content (AvgIpc) is 2.76. The zero-order chi connectivity index (χ0) is 14.1. The summed E-state index contributed by atoms with van der Waals surface area (Å²) < 4.78 is 3.31. The van der Waals surface area contributed by atoms with Gasteiger partial charge in [-0.1, -0.05) is 30.4 Å². The molecule has 0 unspecified atom stereocenters. The quantitative estimate of drug-likeness (QED) is 0.858. The number of thiocarbonyl (C=S) groups is 1. The minimum absolute atomic E-state index is 0.0274. The van der Waals surface area contributed by atoms with Gasteiger partial charge in [-0.2, -0.15) is 5.10 Å². The van der Waals surface area contributed by atoms with Crippen molar-refractivity contribution in [3.63, 3.8) is 0 Å². The molecule has 1 aromatic carbocycles. The van der Waals surface area contributed by atoms with Crippen LogP contribution in [0.5, 0.6) is 0 Å². The monoisotopic (exact) mass is 288 g/mol. The summed E-state index contributed by atoms with van der Waals surface area (Å²) in [5.41, 5.74) is 7.40. The lowest BCUT2D eigenvalue weighted by molar-refractivity contribution is 0.511. The van der Waals surface area contributed by atoms with E-state index in [9.17, 15) is 4.79 Å². The Labute approximate surface area is 122 Å². The SMILES string of the molecule is NC(=S)c1cccc(Cn2nc3n(c2=O)CCCC3)c1. The van der Waals surface area contributed by atoms with E-state index < -0.39 is 0 Å². The lowest BCUT2D eigenvalue weighted by atomic mass is 10.1. The van der Waals surface area contributed by atoms with E-state index in [1.807, 2.05) is 24.3 Å². The molecule has 1 aromatic heterocycles. The standard InChI is InChI=1S/C14H16N4OS/c15-13(20)11-5-3-4-10(8-11)9-18-14(19)17-7-2-1-6-12(17)16-18/h3-5,8H,1-2,6-7,9H2,(H2,15,20). The van der Waals surface area contributed by atoms with Gasteiger partial charge in [-0.15, -0.1) is 0 Å². The van der Waals surface area contributed by atoms with E-state index in [-0.39, 0.29) is 5.69 Å². The molecule has 1 aliphatic heterocycles. The largest absolute Gasteiger partial charge is 0.389 e. The average molecular weight is 288 g/mol. The van der Waals surface area contributed by atoms with Gasteiger partial charge in [0.05, 0.1) is 6.54 Å². The molecule has 20 heavy (non-hydrogen) atoms. The third-order valence-electron chi connectivity index (χ3n) is 3.58. The Morgan fingerprint density at radius 3 is 3.00 bits per heavy atom. The Morgan fingerprint density at radius 1 is 1.40 bits per heavy atom. The van der Waals surface area contributed by atoms with Crippen molar-refractivity contribution >= 4 is 17.2 Å². The third-order valence-corrected chi connectivity index (χ3v) is 3.81. The molecule has 6 heteroatoms. The second kappa shape index (κ2) is 5.20. The minimum atomic E-state index is -0.0274. The lowest BCUT2D eigenvalue weighted by Crippen LogP contribution is -2.27. The molecular weight excluding hydrogens is 272 g/mol. The number of aryl methyl sites for hydroxylation is 1. The number of fused-ring (bicyclic) bond motifs is 1. The molecule has 0 fully saturated rings. The topological polar surface area (TPSA) is 65.8 Å². The first kappa shape index (κ1) is 13.1. The normalized spacial score (nSPS) is 14.0. The Morgan fingerprint density at radius 2 is 2.25 bits per heavy atom. The fourth-order valence-corrected chi connectivity index (χ4v) is 2.67. The van der Waals surface area contributed by atoms with Crippen molar-refractivity contribution in [1.82, 2.24) is 14.3 Å². The van der Waals surface area contributed by atoms with Crippen LogP contribution in [0, 0.1) is 0 Å². The van der Waals surface area contributed by atoms with Gasteiger partial charge in [0.1, 0.15) is 10.8 Å². The molecule has 0 saturated heterocycles. The molecule has 3 rings (SSSR count). The van der Waals surface area contributed by atoms with Gasteiger partial charge in [-0.05, 0) is 24.5 Å². The van der Waals surface area contributed by atoms with E-state index in [1.165, 1.54) is 4.68 Å². The molecule has 0 spiro atoms. The Kier molecular flexibility index (Phi) is 3.40. The number of hydrogen-bond acceptors (Lipinski definition) is 3. The fourth-order valence-electron chi connectivity index (χ4n) is 2.55. The predicted octanol–water partition coefficient (Wildman–Crippen LogP) is 1.06. The van der Waals surface area contributed by atoms with Crippen molar-refractivity contribution in [1.29, 1.82) is 0 Å². The van der Waals surface area contributed by atoms with E-state index in [0.29, 0.717) is 11.5 Å². The Balaban J connectivity index is 1.92. The Hall–Kier alpha value is -1.95. The van der Waals surface area contributed by atoms with Gasteiger partial charge < -0.3 is 5.73 Å². The first-order valence-electron chi connectivity index (χ1n) is 6.70. The van der Waals surface area contributed by atoms with Gasteiger partial charge >= 0.3 is 5.69 Å². The van der Waals surface area contributed by atoms with Crippen molar-refractivity contribution in [3.05, 3.63) is 51.7 Å². The molecule has 5 nitrogen and oxygen atoms in total. The molecule has 0 radical (unpaired) electrons. The second-order valence-corrected chi connectivity index (χ2v) is 5.47. The van der Waals surface area contributed by atoms with Crippen LogP contribution in [0.1, 0.15) is 29.8 Å². The molecule has 0 amide bonds. The van der Waals surface area contributed by atoms with Gasteiger partial charge in [0.15, 0.2) is 0 Å². The van der Waals surface area contributed by atoms with Crippen molar-refractivity contribution in [2.75, 3.05) is 0 Å². The molecule has 0 aliphatic carbocycles. The summed E-state index contributed by atoms with van der Waals surface area (Å²) >= 11 is 4.97. The maximum absolute atomic E-state index is 12.2. The van der Waals surface area contributed by atoms with Crippen molar-refractivity contribution in [2.45, 2.75) is 32.4 Å². The van der Waals surface area contributed by atoms with Gasteiger partial charge in [0.25, 0.3) is 0 Å². The van der Waals surface area contributed by atoms with E-state index in [2.05, 4.69) is 5.10 Å². The van der Waals surface area contributed by atoms with Crippen LogP contribution < -0.4 is 11.4 Å². The minimum Gasteiger partial charge on any atom is -0.389 e. The highest BCUT2D eigenvalue weighted by Gasteiger charge is 2.16. The highest BCUT2D eigenvalue weighted by Crippen LogP contribution is 2.11. The molecule has 104 valence electrons. The van der Waals surface area contributed by atoms with E-state index in [1.54, 1.807) is 4.57 Å². The fraction of sp³-hybridized carbons (Fsp3) is 0.357. The van der Waals surface area contributed by atoms with Gasteiger partial charge in [-0.3, -0.25) is 4.57 Å². The van der Waals surface area contributed by atoms with E-state index >= 15 is 0 Å². The predicted molar refractivity (Wildman–Crippen MR) is 80.9 cm³/mol. The number of hydrogen-bond donors (Lipinski definition) is 1. The number of benzene rings is 1. The van der Waals surface area contributed by atoms with Gasteiger partial charge in [0.2, 0.25) is 0 Å². The summed E-state index contributed by atoms with van der Waals surface area (Å²) in [4.78, 5) is 12.6. The first-order valence-corrected chi connectivity index (χ1v) is 7.11. The Bertz CT molecular complexity index is 716. The molecule has 2 heterocycles. The molecule has 0 atom stereocenters. The molecule has 0 saturated carbocycles. The summed E-state index contributed by atoms with van der Waals surface area (Å²) in [5.74, 6) is 0.895. The molecular formula is C14H16N4OS. The maximum Gasteiger partial charge on any atom is 0.346 e. The zero-order valence-corrected chi connectivity index (χ0v) is 11.9. The molecule has 0 bridgehead atoms. The summed E-state index contributed by atoms with van der Waals surface area (Å²) in [7, 11) is 0. The zero-order valence-electron chi connectivity index (χ0n) is 11.1. The first-order chi connectivity index (χ1) is 9.65. The summed E-state index contributed by atoms with van der Waals surface area (Å²) in [6.45, 7) is 1.23. The van der Waals surface area contributed by atoms with Crippen LogP contribution in [0.25, 0.3) is 0 Å². The van der Waals surface area contributed by atoms with Crippen LogP contribution in [0.3, 0.4) is 0 Å². The summed E-state index contributed by atoms with van der Waals surface area (Å²) in [5, 5.41) is 4.42. The van der Waals surface area contributed by atoms with Crippen molar-refractivity contribution in [2.24, 2.45) is 5.73 Å². The van der Waals surface area contributed by atoms with Crippen LogP contribution in [-0.4, -0.2) is 19.3 Å². The molecule has 1 aliphatic rings. The van der Waals surface area contributed by atoms with Crippen molar-refractivity contribution < 1.29 is 0 Å². The number of nitrogens with zero attached hydrogens (tertiary/aromatic N) is 3. The third kappa shape index (κ3) is 2.38. The highest BCUT2D eigenvalue weighted by molar-refractivity contribution is 7.80. The molecule has 2 N–H and O–H groups in total. The maximum atomic E-state index is 12.2. The van der Waals surface area contributed by atoms with Crippen LogP contribution in [0.4, 0.5) is 0 Å². The van der Waals surface area contributed by atoms with Gasteiger partial charge in [0, 0.05) is 18.5 Å². The van der Waals surface area contributed by atoms with Crippen LogP contribution in [0.15, 0.2) is 29.1 Å². The summed E-state index contributed by atoms with van der Waals surface area (Å²) in [6.07, 6.45) is 3.04. The second-order valence-electron chi connectivity index (χ2n) is 5.03.